The Morgan fingerprint density at radius 3 is 2.27 bits per heavy atom. The van der Waals surface area contributed by atoms with Gasteiger partial charge in [-0.15, -0.1) is 0 Å². The largest absolute Gasteiger partial charge is 0.506 e. The second-order valence-corrected chi connectivity index (χ2v) is 2.12. The molecule has 0 amide bonds. The van der Waals surface area contributed by atoms with Crippen molar-refractivity contribution in [2.24, 2.45) is 0 Å². The van der Waals surface area contributed by atoms with Gasteiger partial charge in [-0.1, -0.05) is 0 Å². The molecular weight excluding hydrogens is 142 g/mol. The van der Waals surface area contributed by atoms with Crippen LogP contribution in [0.2, 0.25) is 0 Å². The number of aromatic nitrogens is 1. The molecule has 0 radical (unpaired) electrons. The first-order valence-electron chi connectivity index (χ1n) is 3.19. The molecule has 0 aromatic carbocycles. The van der Waals surface area contributed by atoms with Gasteiger partial charge < -0.3 is 9.90 Å². The van der Waals surface area contributed by atoms with Crippen molar-refractivity contribution < 1.29 is 9.90 Å². The van der Waals surface area contributed by atoms with Crippen LogP contribution in [0.1, 0.15) is 13.8 Å². The van der Waals surface area contributed by atoms with Gasteiger partial charge in [-0.3, -0.25) is 4.98 Å². The summed E-state index contributed by atoms with van der Waals surface area (Å²) in [6.07, 6.45) is 3.00. The summed E-state index contributed by atoms with van der Waals surface area (Å²) in [6.45, 7) is 3.06. The zero-order valence-electron chi connectivity index (χ0n) is 6.61. The van der Waals surface area contributed by atoms with E-state index in [1.165, 1.54) is 20.0 Å². The lowest BCUT2D eigenvalue weighted by Gasteiger charge is -1.81. The molecule has 0 bridgehead atoms. The normalized spacial score (nSPS) is 7.82. The van der Waals surface area contributed by atoms with Crippen molar-refractivity contribution >= 4 is 5.78 Å². The fourth-order valence-electron chi connectivity index (χ4n) is 0.354. The number of ketones is 1. The van der Waals surface area contributed by atoms with Crippen molar-refractivity contribution in [2.45, 2.75) is 13.8 Å². The van der Waals surface area contributed by atoms with Crippen LogP contribution in [0.3, 0.4) is 0 Å². The maximum absolute atomic E-state index is 9.44. The minimum Gasteiger partial charge on any atom is -0.506 e. The van der Waals surface area contributed by atoms with Crippen LogP contribution in [0.4, 0.5) is 0 Å². The molecule has 3 nitrogen and oxygen atoms in total. The molecule has 60 valence electrons. The molecule has 1 aromatic heterocycles. The Morgan fingerprint density at radius 2 is 2.09 bits per heavy atom. The van der Waals surface area contributed by atoms with E-state index in [-0.39, 0.29) is 11.5 Å². The van der Waals surface area contributed by atoms with Crippen LogP contribution in [0.15, 0.2) is 24.5 Å². The number of carbonyl (C=O) groups is 1. The second-order valence-electron chi connectivity index (χ2n) is 2.12. The molecule has 0 saturated heterocycles. The quantitative estimate of drug-likeness (QED) is 0.612. The molecule has 3 heteroatoms. The molecule has 0 aliphatic heterocycles. The molecule has 1 rings (SSSR count). The summed E-state index contributed by atoms with van der Waals surface area (Å²) in [5.41, 5.74) is 0. The number of rotatable bonds is 0. The van der Waals surface area contributed by atoms with Gasteiger partial charge >= 0.3 is 0 Å². The van der Waals surface area contributed by atoms with Crippen molar-refractivity contribution in [3.05, 3.63) is 24.5 Å². The number of carbonyl (C=O) groups excluding carboxylic acids is 1. The first-order chi connectivity index (χ1) is 5.13. The fraction of sp³-hybridized carbons (Fsp3) is 0.250. The molecule has 0 fully saturated rings. The topological polar surface area (TPSA) is 50.2 Å². The Balaban J connectivity index is 0.000000218. The van der Waals surface area contributed by atoms with E-state index in [4.69, 9.17) is 5.11 Å². The standard InChI is InChI=1S/C5H5NO.C3H6O/c7-5-2-1-3-6-4-5;1-3(2)4/h1-4,7H;1-2H3. The van der Waals surface area contributed by atoms with Gasteiger partial charge in [-0.2, -0.15) is 0 Å². The zero-order chi connectivity index (χ0) is 8.69. The molecule has 1 heterocycles. The van der Waals surface area contributed by atoms with Gasteiger partial charge in [0.15, 0.2) is 0 Å². The van der Waals surface area contributed by atoms with Crippen molar-refractivity contribution in [3.8, 4) is 5.75 Å². The average Bonchev–Trinajstić information content (AvgIpc) is 1.87. The van der Waals surface area contributed by atoms with Crippen molar-refractivity contribution in [3.63, 3.8) is 0 Å². The lowest BCUT2D eigenvalue weighted by Crippen LogP contribution is -1.69. The maximum Gasteiger partial charge on any atom is 0.133 e. The van der Waals surface area contributed by atoms with Gasteiger partial charge in [0.25, 0.3) is 0 Å². The van der Waals surface area contributed by atoms with Gasteiger partial charge in [-0.25, -0.2) is 0 Å². The number of hydrogen-bond acceptors (Lipinski definition) is 3. The van der Waals surface area contributed by atoms with E-state index < -0.39 is 0 Å². The lowest BCUT2D eigenvalue weighted by atomic mass is 10.5. The average molecular weight is 153 g/mol. The van der Waals surface area contributed by atoms with Crippen molar-refractivity contribution in [1.29, 1.82) is 0 Å². The van der Waals surface area contributed by atoms with Gasteiger partial charge in [-0.05, 0) is 26.0 Å². The minimum atomic E-state index is 0.167. The summed E-state index contributed by atoms with van der Waals surface area (Å²) >= 11 is 0. The van der Waals surface area contributed by atoms with Gasteiger partial charge in [0.05, 0.1) is 6.20 Å². The van der Waals surface area contributed by atoms with Crippen LogP contribution >= 0.6 is 0 Å². The molecule has 0 aliphatic carbocycles. The molecule has 0 atom stereocenters. The van der Waals surface area contributed by atoms with E-state index in [0.717, 1.165) is 0 Å². The summed E-state index contributed by atoms with van der Waals surface area (Å²) in [5, 5.41) is 8.57. The minimum absolute atomic E-state index is 0.167. The lowest BCUT2D eigenvalue weighted by molar-refractivity contribution is -0.114. The molecule has 1 aromatic rings. The van der Waals surface area contributed by atoms with Crippen LogP contribution in [0.25, 0.3) is 0 Å². The Morgan fingerprint density at radius 1 is 1.55 bits per heavy atom. The first kappa shape index (κ1) is 9.62. The van der Waals surface area contributed by atoms with Crippen LogP contribution in [-0.2, 0) is 4.79 Å². The van der Waals surface area contributed by atoms with Crippen LogP contribution in [0.5, 0.6) is 5.75 Å². The summed E-state index contributed by atoms with van der Waals surface area (Å²) in [6, 6.07) is 3.25. The number of aromatic hydroxyl groups is 1. The van der Waals surface area contributed by atoms with Crippen LogP contribution in [-0.4, -0.2) is 15.9 Å². The van der Waals surface area contributed by atoms with Crippen molar-refractivity contribution in [1.82, 2.24) is 4.98 Å². The maximum atomic E-state index is 9.44. The highest BCUT2D eigenvalue weighted by molar-refractivity contribution is 5.72. The predicted octanol–water partition coefficient (Wildman–Crippen LogP) is 1.38. The van der Waals surface area contributed by atoms with Gasteiger partial charge in [0.1, 0.15) is 11.5 Å². The third-order valence-electron chi connectivity index (χ3n) is 0.646. The Hall–Kier alpha value is -1.38. The SMILES string of the molecule is CC(C)=O.Oc1cccnc1. The van der Waals surface area contributed by atoms with Gasteiger partial charge in [0, 0.05) is 6.20 Å². The Bertz CT molecular complexity index is 205. The molecule has 1 N–H and O–H groups in total. The van der Waals surface area contributed by atoms with E-state index >= 15 is 0 Å². The number of nitrogens with zero attached hydrogens (tertiary/aromatic N) is 1. The van der Waals surface area contributed by atoms with Crippen LogP contribution < -0.4 is 0 Å². The second kappa shape index (κ2) is 5.41. The third kappa shape index (κ3) is 8.62. The summed E-state index contributed by atoms with van der Waals surface area (Å²) in [5.74, 6) is 0.377. The van der Waals surface area contributed by atoms with Crippen molar-refractivity contribution in [2.75, 3.05) is 0 Å². The summed E-state index contributed by atoms with van der Waals surface area (Å²) < 4.78 is 0. The predicted molar refractivity (Wildman–Crippen MR) is 42.3 cm³/mol. The summed E-state index contributed by atoms with van der Waals surface area (Å²) in [7, 11) is 0. The molecule has 0 saturated carbocycles. The number of pyridine rings is 1. The molecule has 0 spiro atoms. The zero-order valence-corrected chi connectivity index (χ0v) is 6.61. The number of hydrogen-bond donors (Lipinski definition) is 1. The Labute approximate surface area is 65.7 Å². The highest BCUT2D eigenvalue weighted by Gasteiger charge is 1.76. The Kier molecular flexibility index (Phi) is 4.73. The van der Waals surface area contributed by atoms with E-state index in [9.17, 15) is 4.79 Å². The highest BCUT2D eigenvalue weighted by atomic mass is 16.3. The van der Waals surface area contributed by atoms with E-state index in [2.05, 4.69) is 4.98 Å². The van der Waals surface area contributed by atoms with E-state index in [1.807, 2.05) is 0 Å². The summed E-state index contributed by atoms with van der Waals surface area (Å²) in [4.78, 5) is 13.1. The van der Waals surface area contributed by atoms with Gasteiger partial charge in [0.2, 0.25) is 0 Å². The van der Waals surface area contributed by atoms with E-state index in [1.54, 1.807) is 18.3 Å². The van der Waals surface area contributed by atoms with Crippen LogP contribution in [0, 0.1) is 0 Å². The molecular formula is C8H11NO2. The van der Waals surface area contributed by atoms with E-state index in [0.29, 0.717) is 0 Å². The third-order valence-corrected chi connectivity index (χ3v) is 0.646. The smallest absolute Gasteiger partial charge is 0.133 e. The first-order valence-corrected chi connectivity index (χ1v) is 3.19. The molecule has 0 aliphatic rings. The highest BCUT2D eigenvalue weighted by Crippen LogP contribution is 1.99. The fourth-order valence-corrected chi connectivity index (χ4v) is 0.354. The number of Topliss-reactive ketones (excluding diaryl/α,β-unsaturated/α-hetero) is 1. The molecule has 0 unspecified atom stereocenters. The monoisotopic (exact) mass is 153 g/mol. The molecule has 11 heavy (non-hydrogen) atoms.